The highest BCUT2D eigenvalue weighted by atomic mass is 32.2. The van der Waals surface area contributed by atoms with E-state index in [1.807, 2.05) is 12.1 Å². The number of carbonyl (C=O) groups is 1. The zero-order valence-electron chi connectivity index (χ0n) is 17.7. The maximum Gasteiger partial charge on any atom is 0.251 e. The van der Waals surface area contributed by atoms with E-state index >= 15 is 0 Å². The summed E-state index contributed by atoms with van der Waals surface area (Å²) in [6.07, 6.45) is 0. The first-order valence-corrected chi connectivity index (χ1v) is 12.2. The second-order valence-electron chi connectivity index (χ2n) is 7.72. The third kappa shape index (κ3) is 5.55. The SMILES string of the molecule is O=C(NCc1ccc(N2CCOCC2)cc1)c1ccc(CS(=O)(=O)c2ccccc2)cc1. The van der Waals surface area contributed by atoms with Crippen LogP contribution in [0.4, 0.5) is 5.69 Å². The number of nitrogens with zero attached hydrogens (tertiary/aromatic N) is 1. The van der Waals surface area contributed by atoms with Crippen LogP contribution in [0.15, 0.2) is 83.8 Å². The molecule has 0 aliphatic carbocycles. The van der Waals surface area contributed by atoms with Crippen molar-refractivity contribution < 1.29 is 17.9 Å². The van der Waals surface area contributed by atoms with Crippen molar-refractivity contribution in [1.82, 2.24) is 5.32 Å². The van der Waals surface area contributed by atoms with E-state index < -0.39 is 9.84 Å². The first kappa shape index (κ1) is 22.0. The minimum absolute atomic E-state index is 0.103. The van der Waals surface area contributed by atoms with E-state index in [4.69, 9.17) is 4.74 Å². The quantitative estimate of drug-likeness (QED) is 0.597. The van der Waals surface area contributed by atoms with E-state index in [1.165, 1.54) is 0 Å². The summed E-state index contributed by atoms with van der Waals surface area (Å²) in [7, 11) is -3.42. The minimum Gasteiger partial charge on any atom is -0.378 e. The summed E-state index contributed by atoms with van der Waals surface area (Å²) >= 11 is 0. The van der Waals surface area contributed by atoms with E-state index in [0.29, 0.717) is 22.6 Å². The molecule has 3 aromatic rings. The second kappa shape index (κ2) is 9.97. The molecule has 0 bridgehead atoms. The normalized spacial score (nSPS) is 14.2. The van der Waals surface area contributed by atoms with Gasteiger partial charge in [0.1, 0.15) is 0 Å². The first-order chi connectivity index (χ1) is 15.5. The largest absolute Gasteiger partial charge is 0.378 e. The molecule has 0 spiro atoms. The van der Waals surface area contributed by atoms with E-state index in [0.717, 1.165) is 37.6 Å². The third-order valence-electron chi connectivity index (χ3n) is 5.44. The molecule has 0 radical (unpaired) electrons. The molecule has 0 unspecified atom stereocenters. The number of nitrogens with one attached hydrogen (secondary N) is 1. The van der Waals surface area contributed by atoms with Crippen LogP contribution < -0.4 is 10.2 Å². The van der Waals surface area contributed by atoms with Gasteiger partial charge in [-0.05, 0) is 47.5 Å². The van der Waals surface area contributed by atoms with Gasteiger partial charge in [-0.3, -0.25) is 4.79 Å². The second-order valence-corrected chi connectivity index (χ2v) is 9.71. The van der Waals surface area contributed by atoms with Crippen LogP contribution in [-0.2, 0) is 26.9 Å². The van der Waals surface area contributed by atoms with E-state index in [2.05, 4.69) is 22.3 Å². The fourth-order valence-corrected chi connectivity index (χ4v) is 4.98. The van der Waals surface area contributed by atoms with Crippen molar-refractivity contribution >= 4 is 21.4 Å². The molecule has 3 aromatic carbocycles. The number of amides is 1. The Morgan fingerprint density at radius 2 is 1.47 bits per heavy atom. The van der Waals surface area contributed by atoms with Crippen LogP contribution in [0.2, 0.25) is 0 Å². The molecule has 1 fully saturated rings. The maximum absolute atomic E-state index is 12.5. The number of anilines is 1. The number of benzene rings is 3. The molecule has 0 aromatic heterocycles. The van der Waals surface area contributed by atoms with Crippen LogP contribution in [0.1, 0.15) is 21.5 Å². The summed E-state index contributed by atoms with van der Waals surface area (Å²) in [5.41, 5.74) is 3.31. The molecule has 1 amide bonds. The Morgan fingerprint density at radius 1 is 0.844 bits per heavy atom. The molecule has 166 valence electrons. The summed E-state index contributed by atoms with van der Waals surface area (Å²) in [5, 5.41) is 2.92. The molecule has 6 nitrogen and oxygen atoms in total. The third-order valence-corrected chi connectivity index (χ3v) is 7.14. The van der Waals surface area contributed by atoms with E-state index in [1.54, 1.807) is 54.6 Å². The Kier molecular flexibility index (Phi) is 6.87. The van der Waals surface area contributed by atoms with Crippen molar-refractivity contribution in [3.8, 4) is 0 Å². The minimum atomic E-state index is -3.42. The molecular formula is C25H26N2O4S. The smallest absolute Gasteiger partial charge is 0.251 e. The number of hydrogen-bond acceptors (Lipinski definition) is 5. The molecule has 32 heavy (non-hydrogen) atoms. The van der Waals surface area contributed by atoms with Crippen LogP contribution in [0, 0.1) is 0 Å². The van der Waals surface area contributed by atoms with Crippen molar-refractivity contribution in [3.63, 3.8) is 0 Å². The summed E-state index contributed by atoms with van der Waals surface area (Å²) in [5.74, 6) is -0.297. The molecule has 4 rings (SSSR count). The van der Waals surface area contributed by atoms with Crippen LogP contribution in [0.3, 0.4) is 0 Å². The van der Waals surface area contributed by atoms with Gasteiger partial charge in [0.15, 0.2) is 9.84 Å². The Morgan fingerprint density at radius 3 is 2.12 bits per heavy atom. The van der Waals surface area contributed by atoms with Crippen molar-refractivity contribution in [2.75, 3.05) is 31.2 Å². The van der Waals surface area contributed by atoms with Gasteiger partial charge in [0.25, 0.3) is 5.91 Å². The van der Waals surface area contributed by atoms with Gasteiger partial charge in [0.2, 0.25) is 0 Å². The standard InChI is InChI=1S/C25H26N2O4S/c28-25(26-18-20-8-12-23(13-9-20)27-14-16-31-17-15-27)22-10-6-21(7-11-22)19-32(29,30)24-4-2-1-3-5-24/h1-13H,14-19H2,(H,26,28). The number of carbonyl (C=O) groups excluding carboxylic acids is 1. The van der Waals surface area contributed by atoms with Crippen molar-refractivity contribution in [2.45, 2.75) is 17.2 Å². The summed E-state index contributed by atoms with van der Waals surface area (Å²) in [6.45, 7) is 3.69. The fraction of sp³-hybridized carbons (Fsp3) is 0.240. The lowest BCUT2D eigenvalue weighted by Crippen LogP contribution is -2.36. The molecule has 1 heterocycles. The highest BCUT2D eigenvalue weighted by Gasteiger charge is 2.15. The van der Waals surface area contributed by atoms with E-state index in [-0.39, 0.29) is 11.7 Å². The zero-order valence-corrected chi connectivity index (χ0v) is 18.6. The lowest BCUT2D eigenvalue weighted by molar-refractivity contribution is 0.0951. The number of morpholine rings is 1. The molecule has 1 saturated heterocycles. The monoisotopic (exact) mass is 450 g/mol. The van der Waals surface area contributed by atoms with E-state index in [9.17, 15) is 13.2 Å². The number of sulfone groups is 1. The molecule has 7 heteroatoms. The lowest BCUT2D eigenvalue weighted by atomic mass is 10.1. The van der Waals surface area contributed by atoms with Gasteiger partial charge in [-0.25, -0.2) is 8.42 Å². The molecule has 1 aliphatic rings. The zero-order chi connectivity index (χ0) is 22.4. The van der Waals surface area contributed by atoms with Crippen LogP contribution in [-0.4, -0.2) is 40.6 Å². The highest BCUT2D eigenvalue weighted by Crippen LogP contribution is 2.18. The lowest BCUT2D eigenvalue weighted by Gasteiger charge is -2.28. The molecule has 0 atom stereocenters. The first-order valence-electron chi connectivity index (χ1n) is 10.6. The van der Waals surface area contributed by atoms with Crippen LogP contribution in [0.25, 0.3) is 0 Å². The van der Waals surface area contributed by atoms with Crippen LogP contribution >= 0.6 is 0 Å². The number of hydrogen-bond donors (Lipinski definition) is 1. The van der Waals surface area contributed by atoms with Gasteiger partial charge in [-0.2, -0.15) is 0 Å². The van der Waals surface area contributed by atoms with Gasteiger partial charge >= 0.3 is 0 Å². The van der Waals surface area contributed by atoms with Gasteiger partial charge in [-0.1, -0.05) is 42.5 Å². The molecule has 0 saturated carbocycles. The number of ether oxygens (including phenoxy) is 1. The number of rotatable bonds is 7. The average Bonchev–Trinajstić information content (AvgIpc) is 2.84. The van der Waals surface area contributed by atoms with Gasteiger partial charge in [-0.15, -0.1) is 0 Å². The maximum atomic E-state index is 12.5. The Hall–Kier alpha value is -3.16. The average molecular weight is 451 g/mol. The molecular weight excluding hydrogens is 424 g/mol. The molecule has 1 N–H and O–H groups in total. The van der Waals surface area contributed by atoms with Crippen LogP contribution in [0.5, 0.6) is 0 Å². The summed E-state index contributed by atoms with van der Waals surface area (Å²) in [6, 6.07) is 23.2. The highest BCUT2D eigenvalue weighted by molar-refractivity contribution is 7.90. The van der Waals surface area contributed by atoms with Gasteiger partial charge < -0.3 is 15.0 Å². The molecule has 1 aliphatic heterocycles. The van der Waals surface area contributed by atoms with Gasteiger partial charge in [0, 0.05) is 30.9 Å². The predicted octanol–water partition coefficient (Wildman–Crippen LogP) is 3.43. The fourth-order valence-electron chi connectivity index (χ4n) is 3.61. The summed E-state index contributed by atoms with van der Waals surface area (Å²) in [4.78, 5) is 15.1. The topological polar surface area (TPSA) is 75.7 Å². The van der Waals surface area contributed by atoms with Crippen molar-refractivity contribution in [1.29, 1.82) is 0 Å². The van der Waals surface area contributed by atoms with Crippen molar-refractivity contribution in [3.05, 3.63) is 95.6 Å². The Labute approximate surface area is 188 Å². The van der Waals surface area contributed by atoms with Crippen molar-refractivity contribution in [2.24, 2.45) is 0 Å². The van der Waals surface area contributed by atoms with Gasteiger partial charge in [0.05, 0.1) is 23.9 Å². The Balaban J connectivity index is 1.32. The summed E-state index contributed by atoms with van der Waals surface area (Å²) < 4.78 is 30.4. The Bertz CT molecular complexity index is 1140. The predicted molar refractivity (Wildman–Crippen MR) is 124 cm³/mol.